The summed E-state index contributed by atoms with van der Waals surface area (Å²) >= 11 is 3.77. The van der Waals surface area contributed by atoms with E-state index in [0.29, 0.717) is 0 Å². The van der Waals surface area contributed by atoms with Crippen molar-refractivity contribution in [2.24, 2.45) is 0 Å². The summed E-state index contributed by atoms with van der Waals surface area (Å²) < 4.78 is 5.25. The Morgan fingerprint density at radius 3 is 1.83 bits per heavy atom. The summed E-state index contributed by atoms with van der Waals surface area (Å²) in [6, 6.07) is 61.7. The molecule has 0 spiro atoms. The summed E-state index contributed by atoms with van der Waals surface area (Å²) in [5.74, 6) is 0. The molecule has 2 heterocycles. The second kappa shape index (κ2) is 11.7. The van der Waals surface area contributed by atoms with Crippen LogP contribution < -0.4 is 10.6 Å². The van der Waals surface area contributed by atoms with Crippen molar-refractivity contribution in [2.75, 3.05) is 10.6 Å². The van der Waals surface area contributed by atoms with Gasteiger partial charge >= 0.3 is 0 Å². The number of hydrogen-bond acceptors (Lipinski definition) is 4. The molecule has 2 aromatic heterocycles. The first-order valence-corrected chi connectivity index (χ1v) is 19.2. The van der Waals surface area contributed by atoms with E-state index in [2.05, 4.69) is 180 Å². The second-order valence-corrected chi connectivity index (χ2v) is 15.5. The van der Waals surface area contributed by atoms with Gasteiger partial charge in [0.15, 0.2) is 0 Å². The Balaban J connectivity index is 1.04. The molecule has 11 rings (SSSR count). The largest absolute Gasteiger partial charge is 0.355 e. The zero-order valence-corrected chi connectivity index (χ0v) is 29.6. The molecular weight excluding hydrogens is 669 g/mol. The lowest BCUT2D eigenvalue weighted by Crippen LogP contribution is -1.92. The van der Waals surface area contributed by atoms with Crippen molar-refractivity contribution in [1.29, 1.82) is 0 Å². The number of anilines is 4. The van der Waals surface area contributed by atoms with Crippen LogP contribution in [-0.2, 0) is 0 Å². The average Bonchev–Trinajstić information content (AvgIpc) is 3.77. The summed E-state index contributed by atoms with van der Waals surface area (Å²) in [5.41, 5.74) is 6.87. The predicted molar refractivity (Wildman–Crippen MR) is 230 cm³/mol. The van der Waals surface area contributed by atoms with Crippen molar-refractivity contribution in [3.05, 3.63) is 170 Å². The SMILES string of the molecule is c1ccc(Nc2cc3c4cccc(-c5cccc(Nc6cc7sc8ccc9ccccc9c8c7c7ccccc67)c5)c4sc3c3ccccc23)cc1. The van der Waals surface area contributed by atoms with Crippen molar-refractivity contribution >= 4 is 118 Å². The fourth-order valence-electron chi connectivity index (χ4n) is 8.05. The number of hydrogen-bond donors (Lipinski definition) is 2. The average molecular weight is 699 g/mol. The van der Waals surface area contributed by atoms with Gasteiger partial charge in [-0.05, 0) is 69.8 Å². The van der Waals surface area contributed by atoms with E-state index in [0.717, 1.165) is 22.7 Å². The Labute approximate surface area is 308 Å². The standard InChI is InChI=1S/C48H30N2S2/c1-2-14-31(15-3-1)49-41-27-40-39-23-11-22-34(47(39)52-48(40)38-21-9-7-19-36(38)41)30-13-10-16-32(26-30)50-42-28-44-46(37-20-8-6-18-35(37)42)45-33-17-5-4-12-29(33)24-25-43(45)51-44/h1-28,49-50H. The fourth-order valence-corrected chi connectivity index (χ4v) is 10.6. The van der Waals surface area contributed by atoms with Gasteiger partial charge in [-0.15, -0.1) is 22.7 Å². The second-order valence-electron chi connectivity index (χ2n) is 13.4. The molecule has 0 aliphatic heterocycles. The predicted octanol–water partition coefficient (Wildman–Crippen LogP) is 15.0. The Morgan fingerprint density at radius 2 is 0.962 bits per heavy atom. The lowest BCUT2D eigenvalue weighted by atomic mass is 9.98. The molecule has 52 heavy (non-hydrogen) atoms. The van der Waals surface area contributed by atoms with E-state index < -0.39 is 0 Å². The maximum absolute atomic E-state index is 3.86. The molecule has 0 aliphatic carbocycles. The summed E-state index contributed by atoms with van der Waals surface area (Å²) in [6.45, 7) is 0. The Morgan fingerprint density at radius 1 is 0.346 bits per heavy atom. The fraction of sp³-hybridized carbons (Fsp3) is 0. The van der Waals surface area contributed by atoms with E-state index in [1.54, 1.807) is 0 Å². The molecule has 244 valence electrons. The van der Waals surface area contributed by atoms with Crippen LogP contribution in [0.25, 0.3) is 83.8 Å². The molecule has 4 heteroatoms. The van der Waals surface area contributed by atoms with Crippen molar-refractivity contribution in [3.63, 3.8) is 0 Å². The first kappa shape index (κ1) is 29.5. The van der Waals surface area contributed by atoms with Crippen molar-refractivity contribution in [1.82, 2.24) is 0 Å². The topological polar surface area (TPSA) is 24.1 Å². The quantitative estimate of drug-likeness (QED) is 0.187. The van der Waals surface area contributed by atoms with Gasteiger partial charge in [0.2, 0.25) is 0 Å². The minimum atomic E-state index is 1.08. The van der Waals surface area contributed by atoms with Crippen LogP contribution in [0.2, 0.25) is 0 Å². The first-order valence-electron chi connectivity index (χ1n) is 17.6. The van der Waals surface area contributed by atoms with Gasteiger partial charge in [-0.2, -0.15) is 0 Å². The molecular formula is C48H30N2S2. The summed E-state index contributed by atoms with van der Waals surface area (Å²) in [7, 11) is 0. The number of benzene rings is 9. The molecule has 0 saturated carbocycles. The van der Waals surface area contributed by atoms with Crippen LogP contribution in [-0.4, -0.2) is 0 Å². The van der Waals surface area contributed by atoms with Crippen LogP contribution in [0.15, 0.2) is 170 Å². The van der Waals surface area contributed by atoms with Gasteiger partial charge in [0.1, 0.15) is 0 Å². The molecule has 0 saturated heterocycles. The number of nitrogens with one attached hydrogen (secondary N) is 2. The van der Waals surface area contributed by atoms with Crippen LogP contribution in [0, 0.1) is 0 Å². The van der Waals surface area contributed by atoms with Gasteiger partial charge in [-0.1, -0.05) is 127 Å². The van der Waals surface area contributed by atoms with Crippen LogP contribution in [0.1, 0.15) is 0 Å². The number of rotatable bonds is 5. The molecule has 0 radical (unpaired) electrons. The van der Waals surface area contributed by atoms with Crippen molar-refractivity contribution in [3.8, 4) is 11.1 Å². The maximum atomic E-state index is 3.86. The molecule has 0 atom stereocenters. The molecule has 0 amide bonds. The highest BCUT2D eigenvalue weighted by molar-refractivity contribution is 7.27. The van der Waals surface area contributed by atoms with Gasteiger partial charge in [-0.3, -0.25) is 0 Å². The van der Waals surface area contributed by atoms with Crippen LogP contribution in [0.4, 0.5) is 22.7 Å². The van der Waals surface area contributed by atoms with E-state index in [1.165, 1.54) is 83.8 Å². The lowest BCUT2D eigenvalue weighted by Gasteiger charge is -2.13. The lowest BCUT2D eigenvalue weighted by molar-refractivity contribution is 1.58. The normalized spacial score (nSPS) is 11.8. The first-order chi connectivity index (χ1) is 25.8. The molecule has 2 nitrogen and oxygen atoms in total. The molecule has 0 aliphatic rings. The Hall–Kier alpha value is -6.20. The highest BCUT2D eigenvalue weighted by atomic mass is 32.1. The molecule has 2 N–H and O–H groups in total. The van der Waals surface area contributed by atoms with E-state index in [9.17, 15) is 0 Å². The van der Waals surface area contributed by atoms with Crippen molar-refractivity contribution < 1.29 is 0 Å². The minimum absolute atomic E-state index is 1.08. The number of thiophene rings is 2. The number of fused-ring (bicyclic) bond motifs is 12. The summed E-state index contributed by atoms with van der Waals surface area (Å²) in [4.78, 5) is 0. The van der Waals surface area contributed by atoms with Gasteiger partial charge in [0, 0.05) is 79.3 Å². The van der Waals surface area contributed by atoms with Crippen molar-refractivity contribution in [2.45, 2.75) is 0 Å². The monoisotopic (exact) mass is 698 g/mol. The van der Waals surface area contributed by atoms with E-state index in [1.807, 2.05) is 22.7 Å². The molecule has 9 aromatic carbocycles. The van der Waals surface area contributed by atoms with Crippen LogP contribution >= 0.6 is 22.7 Å². The third-order valence-corrected chi connectivity index (χ3v) is 12.8. The summed E-state index contributed by atoms with van der Waals surface area (Å²) in [5, 5.41) is 20.4. The van der Waals surface area contributed by atoms with Crippen LogP contribution in [0.5, 0.6) is 0 Å². The van der Waals surface area contributed by atoms with E-state index >= 15 is 0 Å². The Kier molecular flexibility index (Phi) is 6.63. The third-order valence-electron chi connectivity index (χ3n) is 10.4. The highest BCUT2D eigenvalue weighted by Crippen LogP contribution is 2.47. The smallest absolute Gasteiger partial charge is 0.0478 e. The maximum Gasteiger partial charge on any atom is 0.0478 e. The molecule has 0 unspecified atom stereocenters. The van der Waals surface area contributed by atoms with Gasteiger partial charge in [-0.25, -0.2) is 0 Å². The zero-order chi connectivity index (χ0) is 34.2. The minimum Gasteiger partial charge on any atom is -0.355 e. The Bertz CT molecular complexity index is 3190. The molecule has 0 bridgehead atoms. The molecule has 0 fully saturated rings. The highest BCUT2D eigenvalue weighted by Gasteiger charge is 2.17. The molecule has 11 aromatic rings. The van der Waals surface area contributed by atoms with E-state index in [4.69, 9.17) is 0 Å². The number of para-hydroxylation sites is 1. The summed E-state index contributed by atoms with van der Waals surface area (Å²) in [6.07, 6.45) is 0. The zero-order valence-electron chi connectivity index (χ0n) is 28.0. The van der Waals surface area contributed by atoms with Gasteiger partial charge in [0.05, 0.1) is 0 Å². The van der Waals surface area contributed by atoms with E-state index in [-0.39, 0.29) is 0 Å². The van der Waals surface area contributed by atoms with Gasteiger partial charge < -0.3 is 10.6 Å². The van der Waals surface area contributed by atoms with Crippen LogP contribution in [0.3, 0.4) is 0 Å². The third kappa shape index (κ3) is 4.62. The van der Waals surface area contributed by atoms with Gasteiger partial charge in [0.25, 0.3) is 0 Å².